The third kappa shape index (κ3) is 3.50. The van der Waals surface area contributed by atoms with Gasteiger partial charge in [-0.2, -0.15) is 5.10 Å². The zero-order valence-electron chi connectivity index (χ0n) is 16.2. The Morgan fingerprint density at radius 1 is 1.00 bits per heavy atom. The topological polar surface area (TPSA) is 91.8 Å². The Bertz CT molecular complexity index is 1190. The molecule has 2 heterocycles. The van der Waals surface area contributed by atoms with E-state index in [1.807, 2.05) is 62.4 Å². The predicted octanol–water partition coefficient (Wildman–Crippen LogP) is 3.30. The van der Waals surface area contributed by atoms with E-state index in [1.165, 1.54) is 6.20 Å². The van der Waals surface area contributed by atoms with Crippen molar-refractivity contribution in [3.05, 3.63) is 83.3 Å². The molecule has 0 atom stereocenters. The molecule has 0 aliphatic carbocycles. The minimum Gasteiger partial charge on any atom is -0.360 e. The SMILES string of the molecule is CCc1c(C(=O)NNC(=O)c2c[nH]c3ccccc23)cnn1-c1ccc(C)cc1. The first kappa shape index (κ1) is 18.5. The van der Waals surface area contributed by atoms with E-state index in [0.717, 1.165) is 27.8 Å². The molecule has 2 aromatic carbocycles. The van der Waals surface area contributed by atoms with Crippen molar-refractivity contribution in [2.24, 2.45) is 0 Å². The Hall–Kier alpha value is -3.87. The van der Waals surface area contributed by atoms with Gasteiger partial charge in [-0.1, -0.05) is 42.8 Å². The fourth-order valence-corrected chi connectivity index (χ4v) is 3.32. The van der Waals surface area contributed by atoms with Crippen molar-refractivity contribution < 1.29 is 9.59 Å². The number of aromatic nitrogens is 3. The van der Waals surface area contributed by atoms with E-state index in [1.54, 1.807) is 10.9 Å². The van der Waals surface area contributed by atoms with Crippen LogP contribution in [0.2, 0.25) is 0 Å². The molecule has 2 amide bonds. The Kier molecular flexibility index (Phi) is 4.87. The fraction of sp³-hybridized carbons (Fsp3) is 0.136. The van der Waals surface area contributed by atoms with Crippen LogP contribution in [0.25, 0.3) is 16.6 Å². The number of aryl methyl sites for hydroxylation is 1. The highest BCUT2D eigenvalue weighted by atomic mass is 16.2. The first-order valence-electron chi connectivity index (χ1n) is 9.39. The van der Waals surface area contributed by atoms with E-state index in [4.69, 9.17) is 0 Å². The molecule has 0 bridgehead atoms. The van der Waals surface area contributed by atoms with Crippen LogP contribution >= 0.6 is 0 Å². The molecule has 0 fully saturated rings. The summed E-state index contributed by atoms with van der Waals surface area (Å²) in [7, 11) is 0. The van der Waals surface area contributed by atoms with Crippen molar-refractivity contribution >= 4 is 22.7 Å². The van der Waals surface area contributed by atoms with E-state index in [0.29, 0.717) is 17.5 Å². The Morgan fingerprint density at radius 3 is 2.41 bits per heavy atom. The zero-order valence-corrected chi connectivity index (χ0v) is 16.2. The molecule has 0 aliphatic heterocycles. The summed E-state index contributed by atoms with van der Waals surface area (Å²) in [4.78, 5) is 28.2. The smallest absolute Gasteiger partial charge is 0.273 e. The minimum atomic E-state index is -0.409. The second kappa shape index (κ2) is 7.63. The molecular formula is C22H21N5O2. The van der Waals surface area contributed by atoms with Crippen LogP contribution < -0.4 is 10.9 Å². The van der Waals surface area contributed by atoms with Crippen molar-refractivity contribution in [1.29, 1.82) is 0 Å². The van der Waals surface area contributed by atoms with Gasteiger partial charge in [0.2, 0.25) is 0 Å². The molecule has 2 aromatic heterocycles. The van der Waals surface area contributed by atoms with Gasteiger partial charge < -0.3 is 4.98 Å². The number of hydrogen-bond acceptors (Lipinski definition) is 3. The van der Waals surface area contributed by atoms with Crippen molar-refractivity contribution in [1.82, 2.24) is 25.6 Å². The van der Waals surface area contributed by atoms with Gasteiger partial charge in [0.05, 0.1) is 28.7 Å². The maximum Gasteiger partial charge on any atom is 0.273 e. The van der Waals surface area contributed by atoms with Gasteiger partial charge in [-0.3, -0.25) is 20.4 Å². The van der Waals surface area contributed by atoms with E-state index < -0.39 is 5.91 Å². The van der Waals surface area contributed by atoms with Gasteiger partial charge in [0, 0.05) is 17.1 Å². The highest BCUT2D eigenvalue weighted by Crippen LogP contribution is 2.18. The van der Waals surface area contributed by atoms with Crippen molar-refractivity contribution in [2.75, 3.05) is 0 Å². The number of benzene rings is 2. The summed E-state index contributed by atoms with van der Waals surface area (Å²) in [5.74, 6) is -0.798. The third-order valence-electron chi connectivity index (χ3n) is 4.85. The van der Waals surface area contributed by atoms with Gasteiger partial charge in [0.15, 0.2) is 0 Å². The highest BCUT2D eigenvalue weighted by Gasteiger charge is 2.18. The Morgan fingerprint density at radius 2 is 1.69 bits per heavy atom. The van der Waals surface area contributed by atoms with E-state index in [-0.39, 0.29) is 5.91 Å². The normalized spacial score (nSPS) is 10.8. The number of aromatic amines is 1. The predicted molar refractivity (Wildman–Crippen MR) is 111 cm³/mol. The van der Waals surface area contributed by atoms with Crippen LogP contribution in [0.5, 0.6) is 0 Å². The van der Waals surface area contributed by atoms with E-state index in [9.17, 15) is 9.59 Å². The number of fused-ring (bicyclic) bond motifs is 1. The van der Waals surface area contributed by atoms with Crippen LogP contribution in [-0.2, 0) is 6.42 Å². The zero-order chi connectivity index (χ0) is 20.4. The van der Waals surface area contributed by atoms with Crippen LogP contribution in [0.1, 0.15) is 38.9 Å². The van der Waals surface area contributed by atoms with Crippen LogP contribution in [0, 0.1) is 6.92 Å². The van der Waals surface area contributed by atoms with Crippen molar-refractivity contribution in [3.8, 4) is 5.69 Å². The summed E-state index contributed by atoms with van der Waals surface area (Å²) >= 11 is 0. The van der Waals surface area contributed by atoms with Gasteiger partial charge in [0.1, 0.15) is 0 Å². The molecule has 4 aromatic rings. The number of carbonyl (C=O) groups excluding carboxylic acids is 2. The fourth-order valence-electron chi connectivity index (χ4n) is 3.32. The summed E-state index contributed by atoms with van der Waals surface area (Å²) in [5, 5.41) is 5.16. The van der Waals surface area contributed by atoms with E-state index in [2.05, 4.69) is 20.9 Å². The van der Waals surface area contributed by atoms with E-state index >= 15 is 0 Å². The maximum atomic E-state index is 12.7. The van der Waals surface area contributed by atoms with Crippen LogP contribution in [0.15, 0.2) is 60.9 Å². The van der Waals surface area contributed by atoms with Gasteiger partial charge in [0.25, 0.3) is 11.8 Å². The second-order valence-corrected chi connectivity index (χ2v) is 6.76. The number of nitrogens with one attached hydrogen (secondary N) is 3. The molecule has 0 saturated carbocycles. The number of hydrazine groups is 1. The number of hydrogen-bond donors (Lipinski definition) is 3. The highest BCUT2D eigenvalue weighted by molar-refractivity contribution is 6.07. The van der Waals surface area contributed by atoms with Crippen molar-refractivity contribution in [2.45, 2.75) is 20.3 Å². The first-order valence-corrected chi connectivity index (χ1v) is 9.39. The standard InChI is InChI=1S/C22H21N5O2/c1-3-20-18(13-24-27(20)15-10-8-14(2)9-11-15)22(29)26-25-21(28)17-12-23-19-7-5-4-6-16(17)19/h4-13,23H,3H2,1-2H3,(H,25,28)(H,26,29). The number of H-pyrrole nitrogens is 1. The number of rotatable bonds is 4. The Labute approximate surface area is 167 Å². The quantitative estimate of drug-likeness (QED) is 0.469. The summed E-state index contributed by atoms with van der Waals surface area (Å²) in [6.07, 6.45) is 3.76. The van der Waals surface area contributed by atoms with Gasteiger partial charge >= 0.3 is 0 Å². The lowest BCUT2D eigenvalue weighted by molar-refractivity contribution is 0.0847. The lowest BCUT2D eigenvalue weighted by Crippen LogP contribution is -2.41. The van der Waals surface area contributed by atoms with Crippen molar-refractivity contribution in [3.63, 3.8) is 0 Å². The molecule has 7 heteroatoms. The number of carbonyl (C=O) groups is 2. The molecule has 7 nitrogen and oxygen atoms in total. The van der Waals surface area contributed by atoms with Gasteiger partial charge in [-0.15, -0.1) is 0 Å². The first-order chi connectivity index (χ1) is 14.1. The van der Waals surface area contributed by atoms with Gasteiger partial charge in [-0.05, 0) is 31.5 Å². The maximum absolute atomic E-state index is 12.7. The molecule has 0 spiro atoms. The lowest BCUT2D eigenvalue weighted by Gasteiger charge is -2.09. The number of amides is 2. The lowest BCUT2D eigenvalue weighted by atomic mass is 10.1. The average molecular weight is 387 g/mol. The number of nitrogens with zero attached hydrogens (tertiary/aromatic N) is 2. The summed E-state index contributed by atoms with van der Waals surface area (Å²) < 4.78 is 1.75. The average Bonchev–Trinajstić information content (AvgIpc) is 3.36. The monoisotopic (exact) mass is 387 g/mol. The molecule has 4 rings (SSSR count). The summed E-state index contributed by atoms with van der Waals surface area (Å²) in [5.41, 5.74) is 9.53. The molecule has 0 saturated heterocycles. The molecule has 0 unspecified atom stereocenters. The third-order valence-corrected chi connectivity index (χ3v) is 4.85. The molecular weight excluding hydrogens is 366 g/mol. The molecule has 3 N–H and O–H groups in total. The summed E-state index contributed by atoms with van der Waals surface area (Å²) in [6, 6.07) is 15.4. The van der Waals surface area contributed by atoms with Crippen LogP contribution in [0.4, 0.5) is 0 Å². The molecule has 0 radical (unpaired) electrons. The number of para-hydroxylation sites is 1. The molecule has 29 heavy (non-hydrogen) atoms. The van der Waals surface area contributed by atoms with Gasteiger partial charge in [-0.25, -0.2) is 4.68 Å². The second-order valence-electron chi connectivity index (χ2n) is 6.76. The van der Waals surface area contributed by atoms with Crippen LogP contribution in [-0.4, -0.2) is 26.6 Å². The Balaban J connectivity index is 1.51. The molecule has 0 aliphatic rings. The van der Waals surface area contributed by atoms with Crippen LogP contribution in [0.3, 0.4) is 0 Å². The summed E-state index contributed by atoms with van der Waals surface area (Å²) in [6.45, 7) is 3.98. The minimum absolute atomic E-state index is 0.389. The molecule has 146 valence electrons. The largest absolute Gasteiger partial charge is 0.360 e.